The number of fused-ring (bicyclic) bond motifs is 1. The second-order valence-electron chi connectivity index (χ2n) is 5.35. The van der Waals surface area contributed by atoms with E-state index in [4.69, 9.17) is 4.74 Å². The molecular formula is C19H17NO3. The van der Waals surface area contributed by atoms with Crippen LogP contribution in [0, 0.1) is 0 Å². The van der Waals surface area contributed by atoms with Crippen molar-refractivity contribution in [3.63, 3.8) is 0 Å². The summed E-state index contributed by atoms with van der Waals surface area (Å²) in [6.07, 6.45) is 1.55. The lowest BCUT2D eigenvalue weighted by molar-refractivity contribution is -0.118. The average molecular weight is 307 g/mol. The molecule has 3 rings (SSSR count). The molecule has 0 N–H and O–H groups in total. The Morgan fingerprint density at radius 1 is 1.13 bits per heavy atom. The number of hydrogen-bond acceptors (Lipinski definition) is 3. The molecular weight excluding hydrogens is 290 g/mol. The summed E-state index contributed by atoms with van der Waals surface area (Å²) in [5, 5.41) is 0. The molecule has 0 spiro atoms. The molecule has 0 saturated carbocycles. The van der Waals surface area contributed by atoms with Crippen LogP contribution in [-0.2, 0) is 16.1 Å². The number of anilines is 1. The Morgan fingerprint density at radius 3 is 2.57 bits per heavy atom. The maximum absolute atomic E-state index is 12.6. The minimum absolute atomic E-state index is 0.137. The highest BCUT2D eigenvalue weighted by molar-refractivity contribution is 6.19. The third-order valence-corrected chi connectivity index (χ3v) is 3.86. The van der Waals surface area contributed by atoms with E-state index in [2.05, 4.69) is 6.58 Å². The second kappa shape index (κ2) is 6.48. The maximum Gasteiger partial charge on any atom is 0.421 e. The van der Waals surface area contributed by atoms with Gasteiger partial charge in [0, 0.05) is 0 Å². The number of nitrogens with zero attached hydrogens (tertiary/aromatic N) is 1. The van der Waals surface area contributed by atoms with Crippen LogP contribution >= 0.6 is 0 Å². The number of para-hydroxylation sites is 1. The first kappa shape index (κ1) is 15.0. The van der Waals surface area contributed by atoms with Gasteiger partial charge in [-0.2, -0.15) is 0 Å². The molecule has 116 valence electrons. The van der Waals surface area contributed by atoms with E-state index >= 15 is 0 Å². The third-order valence-electron chi connectivity index (χ3n) is 3.86. The lowest BCUT2D eigenvalue weighted by Crippen LogP contribution is -2.35. The summed E-state index contributed by atoms with van der Waals surface area (Å²) in [7, 11) is 0. The van der Waals surface area contributed by atoms with Crippen LogP contribution in [0.1, 0.15) is 23.5 Å². The minimum Gasteiger partial charge on any atom is -0.444 e. The highest BCUT2D eigenvalue weighted by atomic mass is 16.6. The first-order chi connectivity index (χ1) is 11.2. The summed E-state index contributed by atoms with van der Waals surface area (Å²) < 4.78 is 5.31. The van der Waals surface area contributed by atoms with Gasteiger partial charge in [-0.3, -0.25) is 4.79 Å². The van der Waals surface area contributed by atoms with Gasteiger partial charge in [0.1, 0.15) is 6.61 Å². The van der Waals surface area contributed by atoms with Crippen LogP contribution in [0.3, 0.4) is 0 Å². The van der Waals surface area contributed by atoms with E-state index in [1.807, 2.05) is 42.5 Å². The van der Waals surface area contributed by atoms with Crippen molar-refractivity contribution in [1.82, 2.24) is 0 Å². The van der Waals surface area contributed by atoms with Crippen LogP contribution in [0.25, 0.3) is 0 Å². The van der Waals surface area contributed by atoms with Crippen molar-refractivity contribution >= 4 is 17.7 Å². The second-order valence-corrected chi connectivity index (χ2v) is 5.35. The molecule has 2 aromatic rings. The average Bonchev–Trinajstić information content (AvgIpc) is 2.86. The molecule has 4 heteroatoms. The Labute approximate surface area is 135 Å². The van der Waals surface area contributed by atoms with Gasteiger partial charge in [-0.05, 0) is 23.6 Å². The number of rotatable bonds is 4. The van der Waals surface area contributed by atoms with Crippen LogP contribution in [-0.4, -0.2) is 12.0 Å². The van der Waals surface area contributed by atoms with Crippen LogP contribution in [0.5, 0.6) is 0 Å². The Kier molecular flexibility index (Phi) is 4.24. The lowest BCUT2D eigenvalue weighted by Gasteiger charge is -2.16. The van der Waals surface area contributed by atoms with Crippen LogP contribution in [0.4, 0.5) is 10.5 Å². The van der Waals surface area contributed by atoms with Crippen molar-refractivity contribution in [3.05, 3.63) is 78.4 Å². The van der Waals surface area contributed by atoms with Gasteiger partial charge in [0.15, 0.2) is 0 Å². The van der Waals surface area contributed by atoms with E-state index in [0.717, 1.165) is 16.0 Å². The molecule has 0 bridgehead atoms. The van der Waals surface area contributed by atoms with Crippen molar-refractivity contribution in [2.75, 3.05) is 4.90 Å². The van der Waals surface area contributed by atoms with E-state index in [9.17, 15) is 9.59 Å². The van der Waals surface area contributed by atoms with Gasteiger partial charge >= 0.3 is 6.09 Å². The minimum atomic E-state index is -0.641. The van der Waals surface area contributed by atoms with Crippen LogP contribution < -0.4 is 4.90 Å². The topological polar surface area (TPSA) is 46.6 Å². The molecule has 2 amide bonds. The largest absolute Gasteiger partial charge is 0.444 e. The standard InChI is InChI=1S/C19H17NO3/c1-2-8-16-15-11-6-7-12-17(15)20(18(16)21)19(22)23-13-14-9-4-3-5-10-14/h2-7,9-12,16H,1,8,13H2. The normalized spacial score (nSPS) is 16.1. The zero-order valence-corrected chi connectivity index (χ0v) is 12.6. The SMILES string of the molecule is C=CCC1C(=O)N(C(=O)OCc2ccccc2)c2ccccc21. The predicted octanol–water partition coefficient (Wildman–Crippen LogP) is 4.03. The van der Waals surface area contributed by atoms with E-state index in [-0.39, 0.29) is 18.4 Å². The number of hydrogen-bond donors (Lipinski definition) is 0. The molecule has 2 aromatic carbocycles. The molecule has 1 aliphatic heterocycles. The molecule has 0 fully saturated rings. The van der Waals surface area contributed by atoms with Gasteiger partial charge in [0.25, 0.3) is 0 Å². The van der Waals surface area contributed by atoms with Crippen molar-refractivity contribution in [2.24, 2.45) is 0 Å². The first-order valence-corrected chi connectivity index (χ1v) is 7.47. The molecule has 0 saturated heterocycles. The molecule has 1 atom stereocenters. The van der Waals surface area contributed by atoms with Gasteiger partial charge in [0.2, 0.25) is 5.91 Å². The predicted molar refractivity (Wildman–Crippen MR) is 88.1 cm³/mol. The summed E-state index contributed by atoms with van der Waals surface area (Å²) >= 11 is 0. The zero-order chi connectivity index (χ0) is 16.2. The Bertz CT molecular complexity index is 739. The molecule has 1 aliphatic rings. The van der Waals surface area contributed by atoms with E-state index < -0.39 is 6.09 Å². The fraction of sp³-hybridized carbons (Fsp3) is 0.158. The molecule has 0 radical (unpaired) electrons. The molecule has 1 heterocycles. The molecule has 23 heavy (non-hydrogen) atoms. The van der Waals surface area contributed by atoms with E-state index in [0.29, 0.717) is 12.1 Å². The monoisotopic (exact) mass is 307 g/mol. The first-order valence-electron chi connectivity index (χ1n) is 7.47. The highest BCUT2D eigenvalue weighted by Gasteiger charge is 2.40. The quantitative estimate of drug-likeness (QED) is 0.801. The number of carbonyl (C=O) groups excluding carboxylic acids is 2. The number of imide groups is 1. The zero-order valence-electron chi connectivity index (χ0n) is 12.6. The van der Waals surface area contributed by atoms with Gasteiger partial charge in [-0.1, -0.05) is 54.6 Å². The van der Waals surface area contributed by atoms with E-state index in [1.165, 1.54) is 0 Å². The summed E-state index contributed by atoms with van der Waals surface area (Å²) in [5.41, 5.74) is 2.32. The summed E-state index contributed by atoms with van der Waals surface area (Å²) in [4.78, 5) is 26.1. The van der Waals surface area contributed by atoms with Crippen molar-refractivity contribution in [1.29, 1.82) is 0 Å². The van der Waals surface area contributed by atoms with Crippen molar-refractivity contribution in [3.8, 4) is 0 Å². The smallest absolute Gasteiger partial charge is 0.421 e. The Morgan fingerprint density at radius 2 is 1.83 bits per heavy atom. The summed E-state index contributed by atoms with van der Waals surface area (Å²) in [5.74, 6) is -0.628. The van der Waals surface area contributed by atoms with Gasteiger partial charge < -0.3 is 4.74 Å². The number of allylic oxidation sites excluding steroid dienone is 1. The molecule has 0 aromatic heterocycles. The Hall–Kier alpha value is -2.88. The van der Waals surface area contributed by atoms with Gasteiger partial charge in [0.05, 0.1) is 11.6 Å². The highest BCUT2D eigenvalue weighted by Crippen LogP contribution is 2.39. The van der Waals surface area contributed by atoms with Crippen molar-refractivity contribution < 1.29 is 14.3 Å². The fourth-order valence-electron chi connectivity index (χ4n) is 2.76. The third kappa shape index (κ3) is 2.88. The lowest BCUT2D eigenvalue weighted by atomic mass is 9.97. The maximum atomic E-state index is 12.6. The summed E-state index contributed by atoms with van der Waals surface area (Å²) in [6.45, 7) is 3.83. The fourth-order valence-corrected chi connectivity index (χ4v) is 2.76. The number of benzene rings is 2. The summed E-state index contributed by atoms with van der Waals surface area (Å²) in [6, 6.07) is 16.7. The van der Waals surface area contributed by atoms with Crippen LogP contribution in [0.2, 0.25) is 0 Å². The van der Waals surface area contributed by atoms with E-state index in [1.54, 1.807) is 18.2 Å². The number of amides is 2. The van der Waals surface area contributed by atoms with Gasteiger partial charge in [-0.25, -0.2) is 9.69 Å². The molecule has 4 nitrogen and oxygen atoms in total. The number of ether oxygens (including phenoxy) is 1. The molecule has 0 aliphatic carbocycles. The van der Waals surface area contributed by atoms with Gasteiger partial charge in [-0.15, -0.1) is 6.58 Å². The Balaban J connectivity index is 1.80. The van der Waals surface area contributed by atoms with Crippen LogP contribution in [0.15, 0.2) is 67.3 Å². The number of carbonyl (C=O) groups is 2. The van der Waals surface area contributed by atoms with Crippen molar-refractivity contribution in [2.45, 2.75) is 18.9 Å². The molecule has 1 unspecified atom stereocenters.